The van der Waals surface area contributed by atoms with Crippen molar-refractivity contribution in [2.45, 2.75) is 0 Å². The Labute approximate surface area is 150 Å². The monoisotopic (exact) mass is 384 g/mol. The third-order valence-corrected chi connectivity index (χ3v) is 4.45. The van der Waals surface area contributed by atoms with E-state index in [2.05, 4.69) is 5.32 Å². The van der Waals surface area contributed by atoms with Crippen molar-refractivity contribution in [3.8, 4) is 5.75 Å². The van der Waals surface area contributed by atoms with Crippen LogP contribution in [0.15, 0.2) is 48.5 Å². The fourth-order valence-corrected chi connectivity index (χ4v) is 2.94. The highest BCUT2D eigenvalue weighted by Gasteiger charge is 2.20. The van der Waals surface area contributed by atoms with Gasteiger partial charge in [0.15, 0.2) is 0 Å². The molecule has 2 aromatic carbocycles. The van der Waals surface area contributed by atoms with Gasteiger partial charge in [-0.3, -0.25) is 9.10 Å². The molecule has 0 saturated heterocycles. The van der Waals surface area contributed by atoms with Crippen molar-refractivity contribution >= 4 is 21.6 Å². The SMILES string of the molecule is CS(=O)(=O)N(CC(=O)NCCOc1ccc(F)cc1)c1ccc(F)cc1. The number of nitrogens with zero attached hydrogens (tertiary/aromatic N) is 1. The molecule has 0 heterocycles. The predicted molar refractivity (Wildman–Crippen MR) is 93.5 cm³/mol. The highest BCUT2D eigenvalue weighted by atomic mass is 32.2. The molecule has 0 fully saturated rings. The van der Waals surface area contributed by atoms with Crippen LogP contribution in [0.1, 0.15) is 0 Å². The average Bonchev–Trinajstić information content (AvgIpc) is 2.58. The van der Waals surface area contributed by atoms with E-state index in [4.69, 9.17) is 4.74 Å². The van der Waals surface area contributed by atoms with E-state index in [1.54, 1.807) is 0 Å². The summed E-state index contributed by atoms with van der Waals surface area (Å²) in [5.41, 5.74) is 0.187. The summed E-state index contributed by atoms with van der Waals surface area (Å²) in [7, 11) is -3.72. The Hall–Kier alpha value is -2.68. The summed E-state index contributed by atoms with van der Waals surface area (Å²) >= 11 is 0. The predicted octanol–water partition coefficient (Wildman–Crippen LogP) is 1.93. The summed E-state index contributed by atoms with van der Waals surface area (Å²) in [6, 6.07) is 10.2. The molecule has 1 N–H and O–H groups in total. The molecule has 0 radical (unpaired) electrons. The minimum atomic E-state index is -3.72. The van der Waals surface area contributed by atoms with Crippen molar-refractivity contribution in [3.05, 3.63) is 60.2 Å². The molecule has 1 amide bonds. The first-order chi connectivity index (χ1) is 12.3. The lowest BCUT2D eigenvalue weighted by Crippen LogP contribution is -2.41. The summed E-state index contributed by atoms with van der Waals surface area (Å²) in [5.74, 6) is -0.982. The molecule has 0 atom stereocenters. The van der Waals surface area contributed by atoms with Crippen molar-refractivity contribution in [2.75, 3.05) is 30.3 Å². The lowest BCUT2D eigenvalue weighted by Gasteiger charge is -2.21. The van der Waals surface area contributed by atoms with Crippen LogP contribution in [0.2, 0.25) is 0 Å². The number of carbonyl (C=O) groups is 1. The average molecular weight is 384 g/mol. The molecule has 0 aliphatic rings. The molecular formula is C17H18F2N2O4S. The van der Waals surface area contributed by atoms with Crippen molar-refractivity contribution in [2.24, 2.45) is 0 Å². The van der Waals surface area contributed by atoms with E-state index < -0.39 is 28.3 Å². The fraction of sp³-hybridized carbons (Fsp3) is 0.235. The summed E-state index contributed by atoms with van der Waals surface area (Å²) in [5, 5.41) is 2.53. The van der Waals surface area contributed by atoms with Crippen LogP contribution in [0.25, 0.3) is 0 Å². The van der Waals surface area contributed by atoms with Gasteiger partial charge in [-0.25, -0.2) is 17.2 Å². The number of ether oxygens (including phenoxy) is 1. The Bertz CT molecular complexity index is 840. The first-order valence-corrected chi connectivity index (χ1v) is 9.49. The van der Waals surface area contributed by atoms with Gasteiger partial charge in [-0.05, 0) is 48.5 Å². The van der Waals surface area contributed by atoms with Crippen LogP contribution in [0, 0.1) is 11.6 Å². The third kappa shape index (κ3) is 5.99. The first kappa shape index (κ1) is 19.6. The van der Waals surface area contributed by atoms with Crippen molar-refractivity contribution in [1.82, 2.24) is 5.32 Å². The molecule has 0 aromatic heterocycles. The van der Waals surface area contributed by atoms with Gasteiger partial charge in [0, 0.05) is 0 Å². The van der Waals surface area contributed by atoms with Crippen LogP contribution < -0.4 is 14.4 Å². The number of carbonyl (C=O) groups excluding carboxylic acids is 1. The van der Waals surface area contributed by atoms with Crippen LogP contribution in [-0.2, 0) is 14.8 Å². The highest BCUT2D eigenvalue weighted by Crippen LogP contribution is 2.17. The minimum absolute atomic E-state index is 0.132. The molecule has 0 aliphatic carbocycles. The number of nitrogens with one attached hydrogen (secondary N) is 1. The van der Waals surface area contributed by atoms with E-state index in [1.165, 1.54) is 36.4 Å². The quantitative estimate of drug-likeness (QED) is 0.706. The van der Waals surface area contributed by atoms with E-state index in [0.717, 1.165) is 22.7 Å². The van der Waals surface area contributed by atoms with Gasteiger partial charge in [-0.1, -0.05) is 0 Å². The summed E-state index contributed by atoms with van der Waals surface area (Å²) in [6.45, 7) is -0.176. The number of benzene rings is 2. The van der Waals surface area contributed by atoms with E-state index >= 15 is 0 Å². The van der Waals surface area contributed by atoms with Crippen LogP contribution in [0.3, 0.4) is 0 Å². The third-order valence-electron chi connectivity index (χ3n) is 3.31. The van der Waals surface area contributed by atoms with E-state index in [-0.39, 0.29) is 24.7 Å². The fourth-order valence-electron chi connectivity index (χ4n) is 2.08. The highest BCUT2D eigenvalue weighted by molar-refractivity contribution is 7.92. The number of rotatable bonds is 8. The second-order valence-corrected chi connectivity index (χ2v) is 7.31. The van der Waals surface area contributed by atoms with Crippen LogP contribution in [0.5, 0.6) is 5.75 Å². The van der Waals surface area contributed by atoms with Crippen molar-refractivity contribution < 1.29 is 26.7 Å². The lowest BCUT2D eigenvalue weighted by molar-refractivity contribution is -0.119. The molecule has 0 unspecified atom stereocenters. The summed E-state index contributed by atoms with van der Waals surface area (Å²) in [6.07, 6.45) is 0.960. The maximum absolute atomic E-state index is 13.0. The number of hydrogen-bond donors (Lipinski definition) is 1. The number of amides is 1. The van der Waals surface area contributed by atoms with Gasteiger partial charge in [0.1, 0.15) is 30.5 Å². The van der Waals surface area contributed by atoms with Crippen molar-refractivity contribution in [1.29, 1.82) is 0 Å². The molecule has 9 heteroatoms. The Kier molecular flexibility index (Phi) is 6.51. The van der Waals surface area contributed by atoms with Crippen LogP contribution >= 0.6 is 0 Å². The van der Waals surface area contributed by atoms with Gasteiger partial charge in [0.05, 0.1) is 18.5 Å². The van der Waals surface area contributed by atoms with E-state index in [1.807, 2.05) is 0 Å². The Morgan fingerprint density at radius 3 is 2.12 bits per heavy atom. The number of halogens is 2. The van der Waals surface area contributed by atoms with Crippen LogP contribution in [0.4, 0.5) is 14.5 Å². The Balaban J connectivity index is 1.87. The zero-order chi connectivity index (χ0) is 19.2. The zero-order valence-corrected chi connectivity index (χ0v) is 14.8. The van der Waals surface area contributed by atoms with Gasteiger partial charge in [0.2, 0.25) is 15.9 Å². The summed E-state index contributed by atoms with van der Waals surface area (Å²) in [4.78, 5) is 12.0. The molecule has 0 spiro atoms. The smallest absolute Gasteiger partial charge is 0.240 e. The molecule has 0 bridgehead atoms. The Morgan fingerprint density at radius 1 is 1.04 bits per heavy atom. The zero-order valence-electron chi connectivity index (χ0n) is 14.0. The summed E-state index contributed by atoms with van der Waals surface area (Å²) < 4.78 is 55.8. The Morgan fingerprint density at radius 2 is 1.58 bits per heavy atom. The number of sulfonamides is 1. The van der Waals surface area contributed by atoms with Gasteiger partial charge in [0.25, 0.3) is 0 Å². The molecular weight excluding hydrogens is 366 g/mol. The minimum Gasteiger partial charge on any atom is -0.492 e. The molecule has 2 rings (SSSR count). The second-order valence-electron chi connectivity index (χ2n) is 5.40. The standard InChI is InChI=1S/C17H18F2N2O4S/c1-26(23,24)21(15-6-2-13(18)3-7-15)12-17(22)20-10-11-25-16-8-4-14(19)5-9-16/h2-9H,10-12H2,1H3,(H,20,22). The van der Waals surface area contributed by atoms with E-state index in [9.17, 15) is 22.0 Å². The molecule has 2 aromatic rings. The van der Waals surface area contributed by atoms with Gasteiger partial charge >= 0.3 is 0 Å². The van der Waals surface area contributed by atoms with Gasteiger partial charge in [-0.15, -0.1) is 0 Å². The molecule has 140 valence electrons. The molecule has 6 nitrogen and oxygen atoms in total. The number of hydrogen-bond acceptors (Lipinski definition) is 4. The van der Waals surface area contributed by atoms with Gasteiger partial charge < -0.3 is 10.1 Å². The maximum Gasteiger partial charge on any atom is 0.240 e. The van der Waals surface area contributed by atoms with Crippen molar-refractivity contribution in [3.63, 3.8) is 0 Å². The normalized spacial score (nSPS) is 11.0. The van der Waals surface area contributed by atoms with Crippen LogP contribution in [-0.4, -0.2) is 40.3 Å². The molecule has 0 aliphatic heterocycles. The van der Waals surface area contributed by atoms with Gasteiger partial charge in [-0.2, -0.15) is 0 Å². The molecule has 26 heavy (non-hydrogen) atoms. The topological polar surface area (TPSA) is 75.7 Å². The maximum atomic E-state index is 13.0. The lowest BCUT2D eigenvalue weighted by atomic mass is 10.3. The first-order valence-electron chi connectivity index (χ1n) is 7.64. The van der Waals surface area contributed by atoms with E-state index in [0.29, 0.717) is 5.75 Å². The second kappa shape index (κ2) is 8.61. The molecule has 0 saturated carbocycles. The number of anilines is 1. The largest absolute Gasteiger partial charge is 0.492 e.